The molecule has 4 saturated heterocycles. The largest absolute Gasteiger partial charge is 0.495 e. The number of likely N-dealkylation sites (N-methyl/N-ethyl adjacent to an activating group) is 1. The number of nitrogens with two attached hydrogens (primary N) is 1. The van der Waals surface area contributed by atoms with E-state index in [-0.39, 0.29) is 92.6 Å². The van der Waals surface area contributed by atoms with Crippen molar-refractivity contribution in [3.8, 4) is 5.75 Å². The van der Waals surface area contributed by atoms with E-state index in [0.29, 0.717) is 48.1 Å². The first-order valence-corrected chi connectivity index (χ1v) is 47.6. The van der Waals surface area contributed by atoms with Gasteiger partial charge in [0.15, 0.2) is 11.5 Å². The third-order valence-corrected chi connectivity index (χ3v) is 28.5. The molecule has 4 aromatic carbocycles. The van der Waals surface area contributed by atoms with Crippen LogP contribution in [0.4, 0.5) is 10.5 Å². The van der Waals surface area contributed by atoms with Crippen LogP contribution in [0.2, 0.25) is 5.02 Å². The molecule has 0 spiro atoms. The Hall–Kier alpha value is -9.77. The summed E-state index contributed by atoms with van der Waals surface area (Å²) in [6, 6.07) is 17.6. The molecule has 1 unspecified atom stereocenters. The number of hydrogen-bond acceptors (Lipinski definition) is 27. The number of epoxide rings is 1. The second-order valence-electron chi connectivity index (χ2n) is 34.0. The molecule has 38 heteroatoms. The van der Waals surface area contributed by atoms with E-state index in [2.05, 4.69) is 42.5 Å². The van der Waals surface area contributed by atoms with Crippen molar-refractivity contribution in [2.75, 3.05) is 76.7 Å². The molecular formula is C92H121ClN12O22S3. The first-order valence-electron chi connectivity index (χ1n) is 43.6. The van der Waals surface area contributed by atoms with Crippen molar-refractivity contribution in [2.45, 2.75) is 227 Å². The molecule has 19 atom stereocenters. The Morgan fingerprint density at radius 2 is 1.52 bits per heavy atom. The summed E-state index contributed by atoms with van der Waals surface area (Å²) < 4.78 is 29.8. The van der Waals surface area contributed by atoms with E-state index < -0.39 is 210 Å². The van der Waals surface area contributed by atoms with Gasteiger partial charge in [0.05, 0.1) is 67.5 Å². The van der Waals surface area contributed by atoms with Crippen molar-refractivity contribution < 1.29 is 106 Å². The molecule has 4 aromatic rings. The summed E-state index contributed by atoms with van der Waals surface area (Å²) >= 11 is 7.96. The maximum absolute atomic E-state index is 15.5. The number of ether oxygens (including phenoxy) is 5. The number of thioether (sulfide) groups is 1. The van der Waals surface area contributed by atoms with Gasteiger partial charge in [-0.2, -0.15) is 0 Å². The van der Waals surface area contributed by atoms with Gasteiger partial charge >= 0.3 is 12.1 Å². The number of aliphatic hydroxyl groups is 4. The fourth-order valence-electron chi connectivity index (χ4n) is 16.4. The lowest BCUT2D eigenvalue weighted by atomic mass is 9.83. The predicted octanol–water partition coefficient (Wildman–Crippen LogP) is 4.00. The van der Waals surface area contributed by atoms with Gasteiger partial charge in [0.2, 0.25) is 59.1 Å². The number of carbonyl (C=O) groups excluding carboxylic acids is 13. The highest BCUT2D eigenvalue weighted by molar-refractivity contribution is 8.76. The number of methoxy groups -OCH3 is 2. The molecule has 14 N–H and O–H groups in total. The number of aliphatic hydroxyl groups excluding tert-OH is 3. The molecule has 1 aliphatic carbocycles. The van der Waals surface area contributed by atoms with Gasteiger partial charge in [0.25, 0.3) is 0 Å². The minimum absolute atomic E-state index is 0.00257. The van der Waals surface area contributed by atoms with Crippen molar-refractivity contribution in [2.24, 2.45) is 17.6 Å². The lowest BCUT2D eigenvalue weighted by molar-refractivity contribution is -0.162. The van der Waals surface area contributed by atoms with E-state index in [4.69, 9.17) is 41.0 Å². The highest BCUT2D eigenvalue weighted by atomic mass is 35.5. The number of allylic oxidation sites excluding steroid dienone is 4. The number of anilines is 1. The van der Waals surface area contributed by atoms with E-state index in [9.17, 15) is 63.6 Å². The number of halogens is 1. The Balaban J connectivity index is 0.842. The Morgan fingerprint density at radius 1 is 0.831 bits per heavy atom. The van der Waals surface area contributed by atoms with Gasteiger partial charge in [-0.1, -0.05) is 155 Å². The number of nitrogens with one attached hydrogen (secondary N) is 8. The predicted molar refractivity (Wildman–Crippen MR) is 491 cm³/mol. The molecule has 0 aromatic heterocycles. The molecule has 0 saturated carbocycles. The lowest BCUT2D eigenvalue weighted by Gasteiger charge is -2.42. The molecular weight excluding hydrogens is 1760 g/mol. The molecule has 6 aliphatic rings. The maximum Gasteiger partial charge on any atom is 0.409 e. The molecule has 5 heterocycles. The molecule has 4 fully saturated rings. The van der Waals surface area contributed by atoms with Crippen molar-refractivity contribution >= 4 is 133 Å². The molecule has 11 amide bonds. The van der Waals surface area contributed by atoms with E-state index in [1.807, 2.05) is 43.3 Å². The Kier molecular flexibility index (Phi) is 37.4. The standard InChI is InChI=1S/C92H121ClN12O22S3/c1-51-22-21-30-74(124-10)92(122)47-72(125-90(121)102-92)52(2)81-91(6,127-81)75(46-77(111)104(8)69-41-58(38-51)42-71(123-9)79(69)93)126-89(120)53(3)103(7)76(110)33-37-128-73-45-78(112)105(88(73)119)36-35-95-64(40-57-25-15-12-16-26-57)84(115)99-67-49-129-130-50-68(86(117)98-66(48-106)54(4)107)100-87(118)80(55(5)108)101-83(114)63(29-19-20-34-94)96-85(116)65(43-60-32-31-59-27-17-18-28-62(59)60)97-82(113)61(44-70(67)109)39-56-23-13-11-14-24-56/h11-18,21-28,30,32,41-42,52-55,61,63-68,72-75,80-81,95,106-108,122H,19-20,29,31,33-40,43-50,94H2,1-10H3,(H,96,116)(H,97,113)(H,98,117)(H,99,115)(H,100,118)(H,101,114)(H,102,121)/b30-21+,51-22+/t52-,53+,54-,55-,61-,63+,64-,65-,66-,67+,68+,72+,73?,74-,75+,80+,81+,91+,92+/m1/s1. The van der Waals surface area contributed by atoms with E-state index in [1.54, 1.807) is 98.8 Å². The molecule has 706 valence electrons. The molecule has 34 nitrogen and oxygen atoms in total. The number of rotatable bonds is 30. The molecule has 0 radical (unpaired) electrons. The smallest absolute Gasteiger partial charge is 0.409 e. The van der Waals surface area contributed by atoms with Crippen molar-refractivity contribution in [1.29, 1.82) is 0 Å². The molecule has 5 aliphatic heterocycles. The van der Waals surface area contributed by atoms with Crippen LogP contribution < -0.4 is 57.9 Å². The number of fused-ring (bicyclic) bond motifs is 6. The van der Waals surface area contributed by atoms with Gasteiger partial charge in [-0.15, -0.1) is 11.8 Å². The molecule has 10 rings (SSSR count). The van der Waals surface area contributed by atoms with E-state index in [1.165, 1.54) is 54.0 Å². The zero-order valence-corrected chi connectivity index (χ0v) is 77.9. The van der Waals surface area contributed by atoms with Gasteiger partial charge in [0.1, 0.15) is 64.9 Å². The number of hydrogen-bond donors (Lipinski definition) is 13. The van der Waals surface area contributed by atoms with Crippen LogP contribution in [-0.4, -0.2) is 280 Å². The first-order chi connectivity index (χ1) is 62.0. The highest BCUT2D eigenvalue weighted by Crippen LogP contribution is 2.50. The van der Waals surface area contributed by atoms with Crippen LogP contribution >= 0.6 is 45.0 Å². The number of Topliss-reactive ketones (excluding diaryl/α,β-unsaturated/α-hetero) is 1. The van der Waals surface area contributed by atoms with Gasteiger partial charge in [0, 0.05) is 95.5 Å². The van der Waals surface area contributed by atoms with Crippen LogP contribution in [0.15, 0.2) is 127 Å². The average Bonchev–Trinajstić information content (AvgIpc) is 1.57. The normalized spacial score (nSPS) is 27.5. The van der Waals surface area contributed by atoms with E-state index in [0.717, 1.165) is 65.4 Å². The summed E-state index contributed by atoms with van der Waals surface area (Å²) in [6.07, 6.45) is -1.06. The number of imide groups is 1. The van der Waals surface area contributed by atoms with Crippen LogP contribution in [-0.2, 0) is 102 Å². The number of ketones is 1. The van der Waals surface area contributed by atoms with Crippen LogP contribution in [0.3, 0.4) is 0 Å². The minimum Gasteiger partial charge on any atom is -0.495 e. The third kappa shape index (κ3) is 27.0. The summed E-state index contributed by atoms with van der Waals surface area (Å²) in [5.41, 5.74) is 8.22. The Bertz CT molecular complexity index is 4820. The monoisotopic (exact) mass is 1880 g/mol. The quantitative estimate of drug-likeness (QED) is 0.0115. The fraction of sp³-hybridized carbons (Fsp3) is 0.533. The number of amides is 11. The first kappa shape index (κ1) is 102. The van der Waals surface area contributed by atoms with Crippen LogP contribution in [0.5, 0.6) is 5.75 Å². The van der Waals surface area contributed by atoms with Crippen molar-refractivity contribution in [1.82, 2.24) is 52.3 Å². The van der Waals surface area contributed by atoms with Crippen molar-refractivity contribution in [3.63, 3.8) is 0 Å². The zero-order valence-electron chi connectivity index (χ0n) is 74.7. The SMILES string of the molecule is COc1cc2cc(c1Cl)N(C)C(=O)C[C@H](OC(=O)[C@H](C)N(C)C(=O)CCSC1CC(=O)N(CCN[C@H](Cc3ccccc3)C(=O)N[C@H]3CSSC[C@@H](C(=O)N[C@H](CO)[C@@H](C)O)NC(=O)[C@H]([C@@H](C)O)NC(=O)[C@H](CCCCN)NC(=O)[C@@H](CC4=CCc5ccccc54)NC(=O)[C@H](Cc4ccccc4)CC3=O)C1=O)[C@]1(C)O[C@H]1[C@H](C)[C@@H]1C[C@@](O)(NC(=O)O1)[C@H](OC)/C=C/C=C(\C)C2. The Labute approximate surface area is 773 Å². The second kappa shape index (κ2) is 47.5. The number of alkyl carbamates (subject to hydrolysis) is 1. The summed E-state index contributed by atoms with van der Waals surface area (Å²) in [4.78, 5) is 193. The Morgan fingerprint density at radius 3 is 2.20 bits per heavy atom. The van der Waals surface area contributed by atoms with Gasteiger partial charge < -0.3 is 96.9 Å². The topological polar surface area (TPSA) is 484 Å². The van der Waals surface area contributed by atoms with Gasteiger partial charge in [-0.3, -0.25) is 63.0 Å². The summed E-state index contributed by atoms with van der Waals surface area (Å²) in [5.74, 6) is -10.9. The summed E-state index contributed by atoms with van der Waals surface area (Å²) in [5, 5.41) is 65.2. The number of likely N-dealkylation sites (tertiary alicyclic amines) is 1. The second-order valence-corrected chi connectivity index (χ2v) is 38.3. The van der Waals surface area contributed by atoms with Crippen molar-refractivity contribution in [3.05, 3.63) is 160 Å². The minimum atomic E-state index is -1.95. The van der Waals surface area contributed by atoms with Crippen LogP contribution in [0.25, 0.3) is 5.57 Å². The number of unbranched alkanes of at least 4 members (excludes halogenated alkanes) is 1. The number of benzene rings is 4. The van der Waals surface area contributed by atoms with Crippen LogP contribution in [0.1, 0.15) is 127 Å². The van der Waals surface area contributed by atoms with Crippen LogP contribution in [0, 0.1) is 11.8 Å². The molecule has 130 heavy (non-hydrogen) atoms. The third-order valence-electron chi connectivity index (χ3n) is 24.5. The molecule has 4 bridgehead atoms. The average molecular weight is 1880 g/mol. The summed E-state index contributed by atoms with van der Waals surface area (Å²) in [6.45, 7) is 8.39. The fourth-order valence-corrected chi connectivity index (χ4v) is 20.2. The number of carbonyl (C=O) groups is 13. The van der Waals surface area contributed by atoms with Gasteiger partial charge in [-0.25, -0.2) is 9.59 Å². The highest BCUT2D eigenvalue weighted by Gasteiger charge is 2.65. The van der Waals surface area contributed by atoms with Gasteiger partial charge in [-0.05, 0) is 132 Å². The number of nitrogens with zero attached hydrogens (tertiary/aromatic N) is 3. The maximum atomic E-state index is 15.5. The van der Waals surface area contributed by atoms with E-state index >= 15 is 19.2 Å². The summed E-state index contributed by atoms with van der Waals surface area (Å²) in [7, 11) is 7.71. The lowest BCUT2D eigenvalue weighted by Crippen LogP contribution is -2.63. The number of esters is 1. The zero-order chi connectivity index (χ0) is 94.4.